The molecule has 0 aromatic carbocycles. The van der Waals surface area contributed by atoms with Gasteiger partial charge in [-0.2, -0.15) is 5.26 Å². The molecule has 1 atom stereocenters. The molecule has 1 aliphatic heterocycles. The van der Waals surface area contributed by atoms with Crippen LogP contribution in [0.5, 0.6) is 5.88 Å². The predicted molar refractivity (Wildman–Crippen MR) is 141 cm³/mol. The third-order valence-corrected chi connectivity index (χ3v) is 8.81. The molecule has 2 aromatic heterocycles. The van der Waals surface area contributed by atoms with Crippen molar-refractivity contribution in [3.63, 3.8) is 0 Å². The first kappa shape index (κ1) is 25.0. The number of anilines is 1. The van der Waals surface area contributed by atoms with Crippen LogP contribution in [0, 0.1) is 23.2 Å². The molecule has 3 heterocycles. The summed E-state index contributed by atoms with van der Waals surface area (Å²) in [6.07, 6.45) is 8.35. The number of nitriles is 1. The minimum atomic E-state index is -0.554. The lowest BCUT2D eigenvalue weighted by Crippen LogP contribution is -2.53. The molecule has 0 spiro atoms. The molecule has 5 rings (SSSR count). The van der Waals surface area contributed by atoms with Crippen LogP contribution >= 0.6 is 27.3 Å². The van der Waals surface area contributed by atoms with Crippen molar-refractivity contribution in [3.8, 4) is 11.9 Å². The van der Waals surface area contributed by atoms with E-state index in [-0.39, 0.29) is 23.8 Å². The van der Waals surface area contributed by atoms with Gasteiger partial charge in [-0.3, -0.25) is 9.59 Å². The second-order valence-corrected chi connectivity index (χ2v) is 12.0. The van der Waals surface area contributed by atoms with Gasteiger partial charge in [-0.15, -0.1) is 11.3 Å². The molecule has 190 valence electrons. The van der Waals surface area contributed by atoms with Crippen molar-refractivity contribution in [2.45, 2.75) is 63.6 Å². The number of nitrogens with one attached hydrogen (secondary N) is 2. The number of pyridine rings is 1. The Balaban J connectivity index is 1.23. The highest BCUT2D eigenvalue weighted by Crippen LogP contribution is 2.34. The Hall–Kier alpha value is -2.64. The lowest BCUT2D eigenvalue weighted by Gasteiger charge is -2.33. The van der Waals surface area contributed by atoms with Crippen LogP contribution in [-0.2, 0) is 11.3 Å². The summed E-state index contributed by atoms with van der Waals surface area (Å²) < 4.78 is 6.56. The summed E-state index contributed by atoms with van der Waals surface area (Å²) in [5.74, 6) is 0.768. The number of rotatable bonds is 8. The molecule has 8 nitrogen and oxygen atoms in total. The van der Waals surface area contributed by atoms with Gasteiger partial charge >= 0.3 is 0 Å². The SMILES string of the molecule is N#CC1CC(NC(=O)[C@H](CC2CCCC2)NC(=O)c2ccc(CN3CCOc4ncc(Br)cc43)s2)C1. The average molecular weight is 573 g/mol. The van der Waals surface area contributed by atoms with Crippen molar-refractivity contribution in [3.05, 3.63) is 38.6 Å². The van der Waals surface area contributed by atoms with Crippen LogP contribution in [0.4, 0.5) is 5.69 Å². The fourth-order valence-electron chi connectivity index (χ4n) is 5.25. The average Bonchev–Trinajstić information content (AvgIpc) is 3.53. The van der Waals surface area contributed by atoms with Gasteiger partial charge in [0, 0.05) is 21.6 Å². The van der Waals surface area contributed by atoms with Gasteiger partial charge in [0.15, 0.2) is 0 Å². The van der Waals surface area contributed by atoms with Crippen LogP contribution in [-0.4, -0.2) is 42.0 Å². The standard InChI is InChI=1S/C26H30BrN5O3S/c27-18-12-22-26(29-14-18)35-8-7-32(22)15-20-5-6-23(36-20)25(34)31-21(11-16-3-1-2-4-16)24(33)30-19-9-17(10-19)13-28/h5-6,12,14,16-17,19,21H,1-4,7-11,15H2,(H,30,33)(H,31,34)/t17?,19?,21-/m0/s1. The number of aromatic nitrogens is 1. The number of hydrogen-bond donors (Lipinski definition) is 2. The van der Waals surface area contributed by atoms with Gasteiger partial charge < -0.3 is 20.3 Å². The Morgan fingerprint density at radius 3 is 2.89 bits per heavy atom. The van der Waals surface area contributed by atoms with E-state index in [4.69, 9.17) is 10.00 Å². The Morgan fingerprint density at radius 2 is 2.11 bits per heavy atom. The molecule has 36 heavy (non-hydrogen) atoms. The number of amides is 2. The third-order valence-electron chi connectivity index (χ3n) is 7.30. The molecule has 0 radical (unpaired) electrons. The van der Waals surface area contributed by atoms with E-state index in [1.54, 1.807) is 6.20 Å². The van der Waals surface area contributed by atoms with Crippen LogP contribution in [0.15, 0.2) is 28.9 Å². The first-order valence-electron chi connectivity index (χ1n) is 12.6. The minimum absolute atomic E-state index is 0.0260. The summed E-state index contributed by atoms with van der Waals surface area (Å²) >= 11 is 4.93. The molecular weight excluding hydrogens is 542 g/mol. The molecule has 3 aliphatic rings. The fourth-order valence-corrected chi connectivity index (χ4v) is 6.49. The van der Waals surface area contributed by atoms with Crippen molar-refractivity contribution in [2.75, 3.05) is 18.1 Å². The molecule has 2 amide bonds. The first-order valence-corrected chi connectivity index (χ1v) is 14.2. The van der Waals surface area contributed by atoms with Crippen molar-refractivity contribution in [2.24, 2.45) is 11.8 Å². The number of carbonyl (C=O) groups excluding carboxylic acids is 2. The minimum Gasteiger partial charge on any atom is -0.474 e. The highest BCUT2D eigenvalue weighted by molar-refractivity contribution is 9.10. The van der Waals surface area contributed by atoms with E-state index in [0.717, 1.165) is 34.4 Å². The second kappa shape index (κ2) is 11.2. The molecule has 2 aromatic rings. The Labute approximate surface area is 223 Å². The van der Waals surface area contributed by atoms with Crippen LogP contribution < -0.4 is 20.3 Å². The van der Waals surface area contributed by atoms with E-state index in [2.05, 4.69) is 42.5 Å². The summed E-state index contributed by atoms with van der Waals surface area (Å²) in [4.78, 5) is 34.5. The molecule has 0 bridgehead atoms. The van der Waals surface area contributed by atoms with Crippen molar-refractivity contribution < 1.29 is 14.3 Å². The second-order valence-electron chi connectivity index (χ2n) is 9.93. The van der Waals surface area contributed by atoms with E-state index >= 15 is 0 Å². The first-order chi connectivity index (χ1) is 17.5. The Kier molecular flexibility index (Phi) is 7.77. The topological polar surface area (TPSA) is 107 Å². The highest BCUT2D eigenvalue weighted by atomic mass is 79.9. The van der Waals surface area contributed by atoms with Crippen molar-refractivity contribution in [1.82, 2.24) is 15.6 Å². The Bertz CT molecular complexity index is 1150. The van der Waals surface area contributed by atoms with Gasteiger partial charge in [0.05, 0.1) is 30.0 Å². The van der Waals surface area contributed by atoms with Crippen LogP contribution in [0.25, 0.3) is 0 Å². The maximum atomic E-state index is 13.2. The summed E-state index contributed by atoms with van der Waals surface area (Å²) in [5.41, 5.74) is 0.929. The third kappa shape index (κ3) is 5.84. The van der Waals surface area contributed by atoms with E-state index in [0.29, 0.717) is 49.1 Å². The smallest absolute Gasteiger partial charge is 0.262 e. The van der Waals surface area contributed by atoms with E-state index in [1.807, 2.05) is 18.2 Å². The maximum absolute atomic E-state index is 13.2. The highest BCUT2D eigenvalue weighted by Gasteiger charge is 2.34. The molecular formula is C26H30BrN5O3S. The number of thiophene rings is 1. The Morgan fingerprint density at radius 1 is 1.31 bits per heavy atom. The number of nitrogens with zero attached hydrogens (tertiary/aromatic N) is 3. The summed E-state index contributed by atoms with van der Waals surface area (Å²) in [6.45, 7) is 1.95. The quantitative estimate of drug-likeness (QED) is 0.486. The van der Waals surface area contributed by atoms with Crippen molar-refractivity contribution in [1.29, 1.82) is 5.26 Å². The van der Waals surface area contributed by atoms with Gasteiger partial charge in [0.1, 0.15) is 18.3 Å². The van der Waals surface area contributed by atoms with Crippen LogP contribution in [0.2, 0.25) is 0 Å². The normalized spacial score (nSPS) is 22.1. The zero-order valence-electron chi connectivity index (χ0n) is 20.0. The summed E-state index contributed by atoms with van der Waals surface area (Å²) in [6, 6.07) is 7.54. The molecule has 0 unspecified atom stereocenters. The van der Waals surface area contributed by atoms with Gasteiger partial charge in [-0.25, -0.2) is 4.98 Å². The van der Waals surface area contributed by atoms with E-state index in [9.17, 15) is 9.59 Å². The maximum Gasteiger partial charge on any atom is 0.262 e. The van der Waals surface area contributed by atoms with E-state index in [1.165, 1.54) is 24.2 Å². The molecule has 2 N–H and O–H groups in total. The summed E-state index contributed by atoms with van der Waals surface area (Å²) in [5, 5.41) is 15.1. The number of hydrogen-bond acceptors (Lipinski definition) is 7. The van der Waals surface area contributed by atoms with Crippen molar-refractivity contribution >= 4 is 44.8 Å². The fraction of sp³-hybridized carbons (Fsp3) is 0.538. The molecule has 10 heteroatoms. The zero-order valence-corrected chi connectivity index (χ0v) is 22.4. The number of fused-ring (bicyclic) bond motifs is 1. The lowest BCUT2D eigenvalue weighted by atomic mass is 9.81. The summed E-state index contributed by atoms with van der Waals surface area (Å²) in [7, 11) is 0. The molecule has 2 fully saturated rings. The largest absolute Gasteiger partial charge is 0.474 e. The number of halogens is 1. The lowest BCUT2D eigenvalue weighted by molar-refractivity contribution is -0.124. The van der Waals surface area contributed by atoms with Crippen LogP contribution in [0.3, 0.4) is 0 Å². The predicted octanol–water partition coefficient (Wildman–Crippen LogP) is 4.40. The zero-order chi connectivity index (χ0) is 25.1. The molecule has 2 saturated carbocycles. The number of carbonyl (C=O) groups is 2. The van der Waals surface area contributed by atoms with E-state index < -0.39 is 6.04 Å². The van der Waals surface area contributed by atoms with Crippen LogP contribution in [0.1, 0.15) is 59.5 Å². The van der Waals surface area contributed by atoms with Gasteiger partial charge in [-0.1, -0.05) is 25.7 Å². The molecule has 0 saturated heterocycles. The van der Waals surface area contributed by atoms with Gasteiger partial charge in [0.2, 0.25) is 11.8 Å². The van der Waals surface area contributed by atoms with Gasteiger partial charge in [-0.05, 0) is 59.3 Å². The monoisotopic (exact) mass is 571 g/mol. The number of ether oxygens (including phenoxy) is 1. The van der Waals surface area contributed by atoms with Gasteiger partial charge in [0.25, 0.3) is 5.91 Å². The molecule has 2 aliphatic carbocycles.